The van der Waals surface area contributed by atoms with Gasteiger partial charge in [0, 0.05) is 33.1 Å². The fourth-order valence-corrected chi connectivity index (χ4v) is 4.44. The highest BCUT2D eigenvalue weighted by Crippen LogP contribution is 2.31. The van der Waals surface area contributed by atoms with E-state index in [0.717, 1.165) is 40.2 Å². The van der Waals surface area contributed by atoms with Crippen molar-refractivity contribution in [2.45, 2.75) is 52.2 Å². The minimum Gasteiger partial charge on any atom is -0.623 e. The maximum atomic E-state index is 13.5. The molecule has 0 aliphatic carbocycles. The molecule has 0 spiro atoms. The van der Waals surface area contributed by atoms with Gasteiger partial charge < -0.3 is 14.5 Å². The molecule has 7 nitrogen and oxygen atoms in total. The number of ether oxygens (including phenoxy) is 1. The van der Waals surface area contributed by atoms with E-state index in [9.17, 15) is 10.0 Å². The van der Waals surface area contributed by atoms with Gasteiger partial charge in [-0.15, -0.1) is 0 Å². The number of fused-ring (bicyclic) bond motifs is 2. The van der Waals surface area contributed by atoms with Crippen LogP contribution in [0.5, 0.6) is 0 Å². The number of para-hydroxylation sites is 3. The van der Waals surface area contributed by atoms with Gasteiger partial charge in [-0.05, 0) is 30.7 Å². The van der Waals surface area contributed by atoms with Crippen molar-refractivity contribution < 1.29 is 14.3 Å². The Balaban J connectivity index is 1.75. The summed E-state index contributed by atoms with van der Waals surface area (Å²) in [4.78, 5) is 20.0. The lowest BCUT2D eigenvalue weighted by molar-refractivity contribution is -0.500. The Morgan fingerprint density at radius 1 is 1.09 bits per heavy atom. The molecule has 168 valence electrons. The normalized spacial score (nSPS) is 15.1. The smallest absolute Gasteiger partial charge is 0.325 e. The second-order valence-electron chi connectivity index (χ2n) is 8.07. The van der Waals surface area contributed by atoms with Crippen molar-refractivity contribution in [3.8, 4) is 0 Å². The number of nitrogens with zero attached hydrogens (tertiary/aromatic N) is 4. The first kappa shape index (κ1) is 22.0. The zero-order chi connectivity index (χ0) is 22.7. The predicted molar refractivity (Wildman–Crippen MR) is 126 cm³/mol. The number of aryl methyl sites for hydroxylation is 1. The van der Waals surface area contributed by atoms with Crippen LogP contribution in [-0.4, -0.2) is 45.7 Å². The molecule has 32 heavy (non-hydrogen) atoms. The van der Waals surface area contributed by atoms with Crippen LogP contribution in [0.4, 0.5) is 5.69 Å². The number of benzene rings is 2. The summed E-state index contributed by atoms with van der Waals surface area (Å²) in [5.41, 5.74) is 3.62. The molecular formula is C25H30N4O3. The highest BCUT2D eigenvalue weighted by molar-refractivity contribution is 6.52. The molecule has 2 aromatic carbocycles. The number of hydrogen-bond acceptors (Lipinski definition) is 4. The van der Waals surface area contributed by atoms with Crippen molar-refractivity contribution in [1.82, 2.24) is 9.55 Å². The number of anilines is 1. The van der Waals surface area contributed by atoms with Crippen LogP contribution in [0.1, 0.15) is 44.5 Å². The quantitative estimate of drug-likeness (QED) is 0.220. The van der Waals surface area contributed by atoms with Crippen LogP contribution < -0.4 is 4.90 Å². The summed E-state index contributed by atoms with van der Waals surface area (Å²) in [7, 11) is 1.69. The molecule has 3 aromatic rings. The first-order valence-corrected chi connectivity index (χ1v) is 11.3. The second kappa shape index (κ2) is 9.53. The summed E-state index contributed by atoms with van der Waals surface area (Å²) in [6.07, 6.45) is 2.22. The summed E-state index contributed by atoms with van der Waals surface area (Å²) < 4.78 is 8.30. The van der Waals surface area contributed by atoms with Crippen molar-refractivity contribution in [3.63, 3.8) is 0 Å². The predicted octanol–water partition coefficient (Wildman–Crippen LogP) is 4.11. The molecule has 0 fully saturated rings. The van der Waals surface area contributed by atoms with E-state index < -0.39 is 0 Å². The van der Waals surface area contributed by atoms with E-state index in [1.54, 1.807) is 12.0 Å². The Bertz CT molecular complexity index is 1150. The number of rotatable bonds is 9. The number of aromatic nitrogens is 2. The van der Waals surface area contributed by atoms with Crippen LogP contribution in [0.25, 0.3) is 11.0 Å². The largest absolute Gasteiger partial charge is 0.623 e. The van der Waals surface area contributed by atoms with Crippen molar-refractivity contribution in [2.75, 3.05) is 18.6 Å². The summed E-state index contributed by atoms with van der Waals surface area (Å²) in [5.74, 6) is 0.537. The van der Waals surface area contributed by atoms with Gasteiger partial charge in [0.05, 0.1) is 28.8 Å². The molecule has 0 saturated heterocycles. The molecule has 0 unspecified atom stereocenters. The van der Waals surface area contributed by atoms with Gasteiger partial charge in [-0.2, -0.15) is 4.74 Å². The van der Waals surface area contributed by atoms with Gasteiger partial charge in [0.1, 0.15) is 5.82 Å². The van der Waals surface area contributed by atoms with Gasteiger partial charge in [0.15, 0.2) is 6.04 Å². The maximum absolute atomic E-state index is 13.5. The van der Waals surface area contributed by atoms with E-state index in [1.165, 1.54) is 0 Å². The summed E-state index contributed by atoms with van der Waals surface area (Å²) >= 11 is 0. The molecule has 2 heterocycles. The fourth-order valence-electron chi connectivity index (χ4n) is 4.44. The maximum Gasteiger partial charge on any atom is 0.325 e. The third-order valence-corrected chi connectivity index (χ3v) is 6.16. The monoisotopic (exact) mass is 434 g/mol. The molecule has 0 radical (unpaired) electrons. The zero-order valence-corrected chi connectivity index (χ0v) is 19.0. The lowest BCUT2D eigenvalue weighted by Gasteiger charge is -2.18. The van der Waals surface area contributed by atoms with Gasteiger partial charge in [0.25, 0.3) is 5.71 Å². The lowest BCUT2D eigenvalue weighted by atomic mass is 10.1. The Kier molecular flexibility index (Phi) is 6.55. The number of carbonyl (C=O) groups is 1. The van der Waals surface area contributed by atoms with Crippen LogP contribution in [0.2, 0.25) is 0 Å². The Morgan fingerprint density at radius 3 is 2.56 bits per heavy atom. The summed E-state index contributed by atoms with van der Waals surface area (Å²) in [5, 5.41) is 13.2. The second-order valence-corrected chi connectivity index (χ2v) is 8.07. The van der Waals surface area contributed by atoms with Crippen molar-refractivity contribution in [2.24, 2.45) is 0 Å². The first-order valence-electron chi connectivity index (χ1n) is 11.3. The van der Waals surface area contributed by atoms with Crippen LogP contribution >= 0.6 is 0 Å². The van der Waals surface area contributed by atoms with Gasteiger partial charge in [-0.1, -0.05) is 38.1 Å². The molecule has 1 aliphatic rings. The van der Waals surface area contributed by atoms with E-state index in [1.807, 2.05) is 62.4 Å². The average molecular weight is 435 g/mol. The highest BCUT2D eigenvalue weighted by atomic mass is 16.5. The average Bonchev–Trinajstić information content (AvgIpc) is 3.30. The third-order valence-electron chi connectivity index (χ3n) is 6.16. The highest BCUT2D eigenvalue weighted by Gasteiger charge is 2.41. The Morgan fingerprint density at radius 2 is 1.81 bits per heavy atom. The lowest BCUT2D eigenvalue weighted by Crippen LogP contribution is -2.36. The standard InChI is InChI=1S/C25H30N4O3/c1-4-18(5-2)29(31)24-19-11-6-8-13-21(19)28(25(24)30)17-23-26-20-12-7-9-14-22(20)27(23)15-10-16-32-3/h6-9,11-14,18H,4-5,10,15-17H2,1-3H3/b29-24+. The molecule has 4 rings (SSSR count). The molecule has 1 amide bonds. The van der Waals surface area contributed by atoms with Crippen molar-refractivity contribution in [1.29, 1.82) is 0 Å². The van der Waals surface area contributed by atoms with Gasteiger partial charge in [-0.25, -0.2) is 4.98 Å². The van der Waals surface area contributed by atoms with E-state index in [2.05, 4.69) is 4.57 Å². The van der Waals surface area contributed by atoms with Gasteiger partial charge >= 0.3 is 5.91 Å². The van der Waals surface area contributed by atoms with E-state index in [4.69, 9.17) is 9.72 Å². The third kappa shape index (κ3) is 3.88. The Hall–Kier alpha value is -3.19. The van der Waals surface area contributed by atoms with Crippen LogP contribution in [-0.2, 0) is 22.6 Å². The minimum atomic E-state index is -0.261. The zero-order valence-electron chi connectivity index (χ0n) is 19.0. The van der Waals surface area contributed by atoms with Crippen LogP contribution in [0, 0.1) is 5.21 Å². The number of carbonyl (C=O) groups excluding carboxylic acids is 1. The molecule has 0 N–H and O–H groups in total. The molecule has 0 bridgehead atoms. The number of methoxy groups -OCH3 is 1. The summed E-state index contributed by atoms with van der Waals surface area (Å²) in [6.45, 7) is 5.65. The molecule has 0 atom stereocenters. The van der Waals surface area contributed by atoms with Crippen molar-refractivity contribution in [3.05, 3.63) is 65.1 Å². The van der Waals surface area contributed by atoms with Crippen LogP contribution in [0.15, 0.2) is 48.5 Å². The molecule has 1 aromatic heterocycles. The van der Waals surface area contributed by atoms with Gasteiger partial charge in [0.2, 0.25) is 0 Å². The number of imidazole rings is 1. The fraction of sp³-hybridized carbons (Fsp3) is 0.400. The van der Waals surface area contributed by atoms with E-state index in [-0.39, 0.29) is 17.7 Å². The number of amides is 1. The van der Waals surface area contributed by atoms with E-state index >= 15 is 0 Å². The first-order chi connectivity index (χ1) is 15.6. The van der Waals surface area contributed by atoms with Crippen molar-refractivity contribution >= 4 is 28.3 Å². The SMILES string of the molecule is CCC(CC)/[N+]([O-])=C1\C(=O)N(Cc2nc3ccccc3n2CCCOC)c2ccccc21. The summed E-state index contributed by atoms with van der Waals surface area (Å²) in [6, 6.07) is 15.3. The molecule has 0 saturated carbocycles. The van der Waals surface area contributed by atoms with E-state index in [0.29, 0.717) is 31.6 Å². The number of hydroxylamine groups is 1. The minimum absolute atomic E-state index is 0.222. The molecule has 7 heteroatoms. The van der Waals surface area contributed by atoms with Crippen LogP contribution in [0.3, 0.4) is 0 Å². The Labute approximate surface area is 188 Å². The molecular weight excluding hydrogens is 404 g/mol. The van der Waals surface area contributed by atoms with Gasteiger partial charge in [-0.3, -0.25) is 9.69 Å². The number of hydrogen-bond donors (Lipinski definition) is 0. The topological polar surface area (TPSA) is 73.4 Å². The molecule has 1 aliphatic heterocycles.